The number of nitrogen functional groups attached to an aromatic ring is 1. The number of nitrogens with two attached hydrogens (primary N) is 1. The van der Waals surface area contributed by atoms with Crippen molar-refractivity contribution in [3.05, 3.63) is 34.3 Å². The van der Waals surface area contributed by atoms with Crippen LogP contribution < -0.4 is 5.73 Å². The first-order valence-electron chi connectivity index (χ1n) is 5.44. The van der Waals surface area contributed by atoms with Gasteiger partial charge in [0.15, 0.2) is 5.69 Å². The van der Waals surface area contributed by atoms with E-state index in [9.17, 15) is 14.9 Å². The normalized spacial score (nSPS) is 10.3. The summed E-state index contributed by atoms with van der Waals surface area (Å²) in [6, 6.07) is 1.43. The summed E-state index contributed by atoms with van der Waals surface area (Å²) in [6.07, 6.45) is 2.39. The number of amides is 1. The molecule has 0 aromatic carbocycles. The second kappa shape index (κ2) is 4.91. The Bertz CT molecular complexity index is 679. The lowest BCUT2D eigenvalue weighted by atomic mass is 10.4. The number of carbonyl (C=O) groups excluding carboxylic acids is 1. The van der Waals surface area contributed by atoms with Gasteiger partial charge < -0.3 is 10.6 Å². The summed E-state index contributed by atoms with van der Waals surface area (Å²) in [6.45, 7) is 0. The monoisotopic (exact) mass is 277 g/mol. The molecule has 0 aliphatic rings. The molecule has 10 nitrogen and oxygen atoms in total. The van der Waals surface area contributed by atoms with Crippen LogP contribution in [0.3, 0.4) is 0 Å². The van der Waals surface area contributed by atoms with Gasteiger partial charge in [0.1, 0.15) is 6.20 Å². The number of hydrogen-bond donors (Lipinski definition) is 1. The van der Waals surface area contributed by atoms with Gasteiger partial charge in [0.05, 0.1) is 4.92 Å². The van der Waals surface area contributed by atoms with Gasteiger partial charge >= 0.3 is 5.69 Å². The van der Waals surface area contributed by atoms with Crippen molar-refractivity contribution in [3.63, 3.8) is 0 Å². The van der Waals surface area contributed by atoms with Crippen LogP contribution in [0.4, 0.5) is 11.6 Å². The molecule has 0 fully saturated rings. The van der Waals surface area contributed by atoms with Crippen LogP contribution in [0.2, 0.25) is 0 Å². The fourth-order valence-electron chi connectivity index (χ4n) is 1.46. The van der Waals surface area contributed by atoms with Crippen molar-refractivity contribution in [2.45, 2.75) is 0 Å². The Morgan fingerprint density at radius 1 is 1.50 bits per heavy atom. The van der Waals surface area contributed by atoms with E-state index in [4.69, 9.17) is 5.73 Å². The predicted molar refractivity (Wildman–Crippen MR) is 68.2 cm³/mol. The second-order valence-corrected chi connectivity index (χ2v) is 4.04. The third-order valence-corrected chi connectivity index (χ3v) is 2.40. The smallest absolute Gasteiger partial charge is 0.332 e. The molecule has 2 heterocycles. The van der Waals surface area contributed by atoms with Crippen molar-refractivity contribution < 1.29 is 9.72 Å². The molecule has 1 amide bonds. The molecule has 2 rings (SSSR count). The highest BCUT2D eigenvalue weighted by Gasteiger charge is 2.21. The van der Waals surface area contributed by atoms with Crippen LogP contribution in [0.15, 0.2) is 18.5 Å². The Hall–Kier alpha value is -3.04. The Morgan fingerprint density at radius 3 is 2.80 bits per heavy atom. The van der Waals surface area contributed by atoms with Crippen LogP contribution in [0.1, 0.15) is 10.5 Å². The molecule has 0 saturated carbocycles. The molecule has 0 spiro atoms. The zero-order chi connectivity index (χ0) is 14.9. The lowest BCUT2D eigenvalue weighted by Gasteiger charge is -2.07. The minimum atomic E-state index is -0.649. The number of nitro groups is 1. The Labute approximate surface area is 113 Å². The molecular formula is C10H11N7O3. The lowest BCUT2D eigenvalue weighted by molar-refractivity contribution is -0.385. The number of nitrogens with zero attached hydrogens (tertiary/aromatic N) is 6. The summed E-state index contributed by atoms with van der Waals surface area (Å²) in [7, 11) is 3.15. The molecule has 0 unspecified atom stereocenters. The molecule has 20 heavy (non-hydrogen) atoms. The minimum Gasteiger partial charge on any atom is -0.368 e. The van der Waals surface area contributed by atoms with E-state index in [1.54, 1.807) is 14.1 Å². The van der Waals surface area contributed by atoms with Crippen LogP contribution in [0.5, 0.6) is 0 Å². The Morgan fingerprint density at radius 2 is 2.20 bits per heavy atom. The Kier molecular flexibility index (Phi) is 3.29. The minimum absolute atomic E-state index is 0.0969. The topological polar surface area (TPSA) is 133 Å². The maximum Gasteiger partial charge on any atom is 0.332 e. The molecule has 0 atom stereocenters. The van der Waals surface area contributed by atoms with Gasteiger partial charge in [-0.25, -0.2) is 9.67 Å². The van der Waals surface area contributed by atoms with Crippen molar-refractivity contribution in [2.24, 2.45) is 0 Å². The van der Waals surface area contributed by atoms with Crippen molar-refractivity contribution in [2.75, 3.05) is 19.8 Å². The molecule has 2 aromatic rings. The van der Waals surface area contributed by atoms with Gasteiger partial charge in [-0.15, -0.1) is 0 Å². The zero-order valence-corrected chi connectivity index (χ0v) is 10.7. The maximum absolute atomic E-state index is 11.7. The molecule has 104 valence electrons. The van der Waals surface area contributed by atoms with Crippen molar-refractivity contribution >= 4 is 17.5 Å². The number of carbonyl (C=O) groups is 1. The van der Waals surface area contributed by atoms with Crippen molar-refractivity contribution in [3.8, 4) is 5.82 Å². The molecule has 2 aromatic heterocycles. The first-order chi connectivity index (χ1) is 9.40. The molecule has 10 heteroatoms. The Balaban J connectivity index is 2.50. The highest BCUT2D eigenvalue weighted by molar-refractivity contribution is 5.91. The fourth-order valence-corrected chi connectivity index (χ4v) is 1.46. The third-order valence-electron chi connectivity index (χ3n) is 2.40. The molecule has 0 bridgehead atoms. The fraction of sp³-hybridized carbons (Fsp3) is 0.200. The number of aromatic nitrogens is 4. The molecular weight excluding hydrogens is 266 g/mol. The third kappa shape index (κ3) is 2.39. The molecule has 0 radical (unpaired) electrons. The van der Waals surface area contributed by atoms with Gasteiger partial charge in [-0.2, -0.15) is 10.1 Å². The highest BCUT2D eigenvalue weighted by atomic mass is 16.6. The molecule has 0 aliphatic heterocycles. The summed E-state index contributed by atoms with van der Waals surface area (Å²) in [4.78, 5) is 30.7. The van der Waals surface area contributed by atoms with E-state index in [2.05, 4.69) is 15.1 Å². The average molecular weight is 277 g/mol. The van der Waals surface area contributed by atoms with Crippen LogP contribution in [0.25, 0.3) is 5.82 Å². The van der Waals surface area contributed by atoms with E-state index in [-0.39, 0.29) is 29.1 Å². The quantitative estimate of drug-likeness (QED) is 0.609. The first kappa shape index (κ1) is 13.4. The standard InChI is InChI=1S/C10H11N7O3/c1-15(2)9(18)6-3-4-16(14-6)8-7(17(19)20)5-12-10(11)13-8/h3-5H,1-2H3,(H2,11,12,13). The SMILES string of the molecule is CN(C)C(=O)c1ccn(-c2nc(N)ncc2[N+](=O)[O-])n1. The number of hydrogen-bond acceptors (Lipinski definition) is 7. The summed E-state index contributed by atoms with van der Waals surface area (Å²) >= 11 is 0. The molecule has 0 aliphatic carbocycles. The van der Waals surface area contributed by atoms with Gasteiger partial charge in [-0.05, 0) is 6.07 Å². The second-order valence-electron chi connectivity index (χ2n) is 4.04. The summed E-state index contributed by atoms with van der Waals surface area (Å²) in [5.41, 5.74) is 5.20. The predicted octanol–water partition coefficient (Wildman–Crippen LogP) is -0.145. The summed E-state index contributed by atoms with van der Waals surface area (Å²) < 4.78 is 1.12. The van der Waals surface area contributed by atoms with E-state index in [0.29, 0.717) is 0 Å². The van der Waals surface area contributed by atoms with Gasteiger partial charge in [-0.3, -0.25) is 14.9 Å². The number of anilines is 1. The lowest BCUT2D eigenvalue weighted by Crippen LogP contribution is -2.22. The molecule has 0 saturated heterocycles. The maximum atomic E-state index is 11.7. The average Bonchev–Trinajstić information content (AvgIpc) is 2.86. The summed E-state index contributed by atoms with van der Waals surface area (Å²) in [5, 5.41) is 14.9. The van der Waals surface area contributed by atoms with Crippen LogP contribution in [-0.2, 0) is 0 Å². The number of rotatable bonds is 3. The summed E-state index contributed by atoms with van der Waals surface area (Å²) in [5.74, 6) is -0.546. The highest BCUT2D eigenvalue weighted by Crippen LogP contribution is 2.19. The van der Waals surface area contributed by atoms with Gasteiger partial charge in [0.25, 0.3) is 5.91 Å². The van der Waals surface area contributed by atoms with Gasteiger partial charge in [0, 0.05) is 20.3 Å². The largest absolute Gasteiger partial charge is 0.368 e. The zero-order valence-electron chi connectivity index (χ0n) is 10.7. The van der Waals surface area contributed by atoms with Crippen LogP contribution >= 0.6 is 0 Å². The van der Waals surface area contributed by atoms with Crippen LogP contribution in [0, 0.1) is 10.1 Å². The first-order valence-corrected chi connectivity index (χ1v) is 5.44. The van der Waals surface area contributed by atoms with Crippen molar-refractivity contribution in [1.29, 1.82) is 0 Å². The van der Waals surface area contributed by atoms with E-state index in [0.717, 1.165) is 10.9 Å². The van der Waals surface area contributed by atoms with E-state index >= 15 is 0 Å². The molecule has 2 N–H and O–H groups in total. The van der Waals surface area contributed by atoms with Gasteiger partial charge in [0.2, 0.25) is 11.8 Å². The van der Waals surface area contributed by atoms with E-state index in [1.165, 1.54) is 17.2 Å². The van der Waals surface area contributed by atoms with E-state index in [1.807, 2.05) is 0 Å². The van der Waals surface area contributed by atoms with Gasteiger partial charge in [-0.1, -0.05) is 0 Å². The van der Waals surface area contributed by atoms with E-state index < -0.39 is 4.92 Å². The van der Waals surface area contributed by atoms with Crippen molar-refractivity contribution in [1.82, 2.24) is 24.6 Å². The van der Waals surface area contributed by atoms with Crippen LogP contribution in [-0.4, -0.2) is 49.6 Å².